The van der Waals surface area contributed by atoms with Crippen LogP contribution in [-0.4, -0.2) is 23.8 Å². The Morgan fingerprint density at radius 3 is 2.45 bits per heavy atom. The van der Waals surface area contributed by atoms with Crippen LogP contribution in [0, 0.1) is 13.8 Å². The molecule has 0 aliphatic heterocycles. The maximum atomic E-state index is 13.6. The normalized spacial score (nSPS) is 14.6. The van der Waals surface area contributed by atoms with E-state index in [4.69, 9.17) is 4.52 Å². The summed E-state index contributed by atoms with van der Waals surface area (Å²) >= 11 is 0. The summed E-state index contributed by atoms with van der Waals surface area (Å²) in [6.45, 7) is 4.09. The Balaban J connectivity index is 1.74. The van der Waals surface area contributed by atoms with Crippen molar-refractivity contribution in [1.82, 2.24) is 23.8 Å². The van der Waals surface area contributed by atoms with Crippen molar-refractivity contribution in [3.8, 4) is 0 Å². The zero-order valence-electron chi connectivity index (χ0n) is 17.7. The van der Waals surface area contributed by atoms with Crippen LogP contribution in [0.3, 0.4) is 0 Å². The number of hydrogen-bond donors (Lipinski definition) is 0. The van der Waals surface area contributed by atoms with Crippen LogP contribution < -0.4 is 11.2 Å². The molecule has 0 atom stereocenters. The van der Waals surface area contributed by atoms with E-state index in [-0.39, 0.29) is 23.8 Å². The van der Waals surface area contributed by atoms with Crippen LogP contribution in [-0.2, 0) is 13.1 Å². The Labute approximate surface area is 178 Å². The minimum absolute atomic E-state index is 0.124. The molecule has 0 unspecified atom stereocenters. The molecule has 0 saturated heterocycles. The fourth-order valence-corrected chi connectivity index (χ4v) is 4.60. The average molecular weight is 419 g/mol. The Bertz CT molecular complexity index is 1330. The smallest absolute Gasteiger partial charge is 0.333 e. The maximum Gasteiger partial charge on any atom is 0.333 e. The minimum atomic E-state index is -0.377. The monoisotopic (exact) mass is 419 g/mol. The van der Waals surface area contributed by atoms with Gasteiger partial charge in [0.2, 0.25) is 0 Å². The van der Waals surface area contributed by atoms with Crippen LogP contribution >= 0.6 is 0 Å². The van der Waals surface area contributed by atoms with Gasteiger partial charge in [-0.25, -0.2) is 9.78 Å². The van der Waals surface area contributed by atoms with Gasteiger partial charge in [0.1, 0.15) is 5.76 Å². The molecule has 1 aliphatic rings. The number of nitrogens with zero attached hydrogens (tertiary/aromatic N) is 5. The van der Waals surface area contributed by atoms with Crippen LogP contribution in [0.5, 0.6) is 0 Å². The first-order chi connectivity index (χ1) is 15.0. The van der Waals surface area contributed by atoms with E-state index in [9.17, 15) is 9.59 Å². The molecule has 0 spiro atoms. The molecular weight excluding hydrogens is 394 g/mol. The second-order valence-electron chi connectivity index (χ2n) is 8.31. The molecule has 1 aromatic carbocycles. The van der Waals surface area contributed by atoms with Gasteiger partial charge in [-0.3, -0.25) is 13.9 Å². The highest BCUT2D eigenvalue weighted by Crippen LogP contribution is 2.31. The van der Waals surface area contributed by atoms with Gasteiger partial charge in [0.25, 0.3) is 5.56 Å². The van der Waals surface area contributed by atoms with E-state index >= 15 is 0 Å². The summed E-state index contributed by atoms with van der Waals surface area (Å²) in [6, 6.07) is 10.00. The van der Waals surface area contributed by atoms with Crippen LogP contribution in [0.15, 0.2) is 50.8 Å². The highest BCUT2D eigenvalue weighted by atomic mass is 16.5. The van der Waals surface area contributed by atoms with Crippen molar-refractivity contribution < 1.29 is 4.52 Å². The quantitative estimate of drug-likeness (QED) is 0.496. The lowest BCUT2D eigenvalue weighted by Gasteiger charge is -2.15. The molecular formula is C23H25N5O3. The summed E-state index contributed by atoms with van der Waals surface area (Å²) in [5.41, 5.74) is 2.67. The standard InChI is InChI=1S/C23H25N5O3/c1-15-19(16(2)31-25-15)13-27-22(29)20-21(24-14-28(20)18-10-6-7-11-18)26(23(27)30)12-17-8-4-3-5-9-17/h3-5,8-9,14,18H,6-7,10-13H2,1-2H3. The summed E-state index contributed by atoms with van der Waals surface area (Å²) < 4.78 is 10.1. The van der Waals surface area contributed by atoms with E-state index in [2.05, 4.69) is 10.1 Å². The average Bonchev–Trinajstić information content (AvgIpc) is 3.51. The minimum Gasteiger partial charge on any atom is -0.361 e. The Kier molecular flexibility index (Phi) is 4.84. The summed E-state index contributed by atoms with van der Waals surface area (Å²) in [7, 11) is 0. The highest BCUT2D eigenvalue weighted by Gasteiger charge is 2.25. The van der Waals surface area contributed by atoms with Gasteiger partial charge < -0.3 is 9.09 Å². The van der Waals surface area contributed by atoms with Crippen molar-refractivity contribution in [1.29, 1.82) is 0 Å². The third-order valence-corrected chi connectivity index (χ3v) is 6.34. The topological polar surface area (TPSA) is 87.8 Å². The zero-order valence-corrected chi connectivity index (χ0v) is 17.7. The molecule has 4 aromatic rings. The van der Waals surface area contributed by atoms with Crippen LogP contribution in [0.4, 0.5) is 0 Å². The number of aromatic nitrogens is 5. The predicted molar refractivity (Wildman–Crippen MR) is 116 cm³/mol. The van der Waals surface area contributed by atoms with Crippen LogP contribution in [0.1, 0.15) is 54.3 Å². The highest BCUT2D eigenvalue weighted by molar-refractivity contribution is 5.70. The Hall–Kier alpha value is -3.42. The lowest BCUT2D eigenvalue weighted by Crippen LogP contribution is -2.41. The summed E-state index contributed by atoms with van der Waals surface area (Å²) in [4.78, 5) is 31.6. The summed E-state index contributed by atoms with van der Waals surface area (Å²) in [5, 5.41) is 3.98. The van der Waals surface area contributed by atoms with E-state index in [1.165, 1.54) is 4.57 Å². The number of hydrogen-bond acceptors (Lipinski definition) is 5. The second kappa shape index (κ2) is 7.68. The Morgan fingerprint density at radius 1 is 1.03 bits per heavy atom. The van der Waals surface area contributed by atoms with Crippen LogP contribution in [0.2, 0.25) is 0 Å². The van der Waals surface area contributed by atoms with E-state index in [1.54, 1.807) is 17.8 Å². The molecule has 3 aromatic heterocycles. The molecule has 1 saturated carbocycles. The van der Waals surface area contributed by atoms with Gasteiger partial charge in [-0.1, -0.05) is 48.3 Å². The van der Waals surface area contributed by atoms with Crippen molar-refractivity contribution in [2.24, 2.45) is 0 Å². The maximum absolute atomic E-state index is 13.6. The number of imidazole rings is 1. The van der Waals surface area contributed by atoms with E-state index in [0.717, 1.165) is 36.8 Å². The first-order valence-electron chi connectivity index (χ1n) is 10.7. The molecule has 5 rings (SSSR count). The van der Waals surface area contributed by atoms with Crippen molar-refractivity contribution in [2.75, 3.05) is 0 Å². The zero-order chi connectivity index (χ0) is 21.5. The van der Waals surface area contributed by atoms with Gasteiger partial charge in [0.15, 0.2) is 11.2 Å². The second-order valence-corrected chi connectivity index (χ2v) is 8.31. The molecule has 0 amide bonds. The van der Waals surface area contributed by atoms with E-state index in [0.29, 0.717) is 29.2 Å². The summed E-state index contributed by atoms with van der Waals surface area (Å²) in [5.74, 6) is 0.614. The fourth-order valence-electron chi connectivity index (χ4n) is 4.60. The molecule has 1 aliphatic carbocycles. The molecule has 0 radical (unpaired) electrons. The molecule has 0 bridgehead atoms. The van der Waals surface area contributed by atoms with Crippen molar-refractivity contribution in [3.05, 3.63) is 80.1 Å². The van der Waals surface area contributed by atoms with Gasteiger partial charge in [-0.2, -0.15) is 0 Å². The first-order valence-corrected chi connectivity index (χ1v) is 10.7. The largest absolute Gasteiger partial charge is 0.361 e. The predicted octanol–water partition coefficient (Wildman–Crippen LogP) is 3.18. The van der Waals surface area contributed by atoms with Gasteiger partial charge in [0.05, 0.1) is 25.1 Å². The Morgan fingerprint density at radius 2 is 1.77 bits per heavy atom. The van der Waals surface area contributed by atoms with Gasteiger partial charge in [-0.05, 0) is 32.3 Å². The third-order valence-electron chi connectivity index (χ3n) is 6.34. The first kappa shape index (κ1) is 19.5. The van der Waals surface area contributed by atoms with Gasteiger partial charge in [-0.15, -0.1) is 0 Å². The van der Waals surface area contributed by atoms with Crippen molar-refractivity contribution in [2.45, 2.75) is 58.7 Å². The molecule has 31 heavy (non-hydrogen) atoms. The fraction of sp³-hybridized carbons (Fsp3) is 0.391. The van der Waals surface area contributed by atoms with E-state index in [1.807, 2.05) is 41.8 Å². The molecule has 8 nitrogen and oxygen atoms in total. The van der Waals surface area contributed by atoms with Crippen LogP contribution in [0.25, 0.3) is 11.2 Å². The van der Waals surface area contributed by atoms with Crippen molar-refractivity contribution in [3.63, 3.8) is 0 Å². The molecule has 160 valence electrons. The number of benzene rings is 1. The third kappa shape index (κ3) is 3.32. The van der Waals surface area contributed by atoms with Gasteiger partial charge in [0, 0.05) is 11.6 Å². The molecule has 0 N–H and O–H groups in total. The number of fused-ring (bicyclic) bond motifs is 1. The molecule has 3 heterocycles. The molecule has 1 fully saturated rings. The SMILES string of the molecule is Cc1noc(C)c1Cn1c(=O)c2c(ncn2C2CCCC2)n(Cc2ccccc2)c1=O. The lowest BCUT2D eigenvalue weighted by molar-refractivity contribution is 0.391. The summed E-state index contributed by atoms with van der Waals surface area (Å²) in [6.07, 6.45) is 6.05. The lowest BCUT2D eigenvalue weighted by atomic mass is 10.2. The van der Waals surface area contributed by atoms with Crippen molar-refractivity contribution >= 4 is 11.2 Å². The number of aryl methyl sites for hydroxylation is 2. The molecule has 8 heteroatoms. The van der Waals surface area contributed by atoms with E-state index < -0.39 is 0 Å². The number of rotatable bonds is 5. The van der Waals surface area contributed by atoms with Gasteiger partial charge >= 0.3 is 5.69 Å².